The second-order valence-corrected chi connectivity index (χ2v) is 6.23. The molecule has 1 fully saturated rings. The van der Waals surface area contributed by atoms with Crippen LogP contribution in [0, 0.1) is 0 Å². The molecule has 116 valence electrons. The quantitative estimate of drug-likeness (QED) is 0.901. The van der Waals surface area contributed by atoms with Crippen LogP contribution in [0.1, 0.15) is 30.7 Å². The highest BCUT2D eigenvalue weighted by Gasteiger charge is 2.30. The molecule has 1 aliphatic heterocycles. The maximum absolute atomic E-state index is 12.5. The fourth-order valence-corrected chi connectivity index (χ4v) is 3.66. The number of benzene rings is 1. The van der Waals surface area contributed by atoms with Crippen LogP contribution in [0.2, 0.25) is 0 Å². The lowest BCUT2D eigenvalue weighted by Gasteiger charge is -2.24. The SMILES string of the molecule is CCOc1ccc(NC(=O)N2CCC[C@H]2c2cccs2)cc1. The van der Waals surface area contributed by atoms with E-state index < -0.39 is 0 Å². The number of carbonyl (C=O) groups excluding carboxylic acids is 1. The summed E-state index contributed by atoms with van der Waals surface area (Å²) in [5.41, 5.74) is 0.797. The molecule has 0 saturated carbocycles. The minimum absolute atomic E-state index is 0.0277. The number of hydrogen-bond donors (Lipinski definition) is 1. The van der Waals surface area contributed by atoms with Gasteiger partial charge in [0.1, 0.15) is 5.75 Å². The Morgan fingerprint density at radius 2 is 2.18 bits per heavy atom. The van der Waals surface area contributed by atoms with Gasteiger partial charge in [0.25, 0.3) is 0 Å². The van der Waals surface area contributed by atoms with Crippen molar-refractivity contribution in [1.29, 1.82) is 0 Å². The Hall–Kier alpha value is -2.01. The minimum Gasteiger partial charge on any atom is -0.494 e. The molecule has 0 radical (unpaired) electrons. The van der Waals surface area contributed by atoms with Crippen molar-refractivity contribution in [1.82, 2.24) is 4.90 Å². The van der Waals surface area contributed by atoms with Crippen LogP contribution in [0.5, 0.6) is 5.75 Å². The first-order valence-electron chi connectivity index (χ1n) is 7.62. The van der Waals surface area contributed by atoms with Crippen molar-refractivity contribution < 1.29 is 9.53 Å². The number of nitrogens with one attached hydrogen (secondary N) is 1. The van der Waals surface area contributed by atoms with Gasteiger partial charge in [-0.25, -0.2) is 4.79 Å². The summed E-state index contributed by atoms with van der Waals surface area (Å²) in [6.07, 6.45) is 2.09. The molecular weight excluding hydrogens is 296 g/mol. The van der Waals surface area contributed by atoms with Gasteiger partial charge in [-0.3, -0.25) is 0 Å². The Labute approximate surface area is 134 Å². The smallest absolute Gasteiger partial charge is 0.322 e. The number of rotatable bonds is 4. The Morgan fingerprint density at radius 1 is 1.36 bits per heavy atom. The number of thiophene rings is 1. The average Bonchev–Trinajstić information content (AvgIpc) is 3.20. The van der Waals surface area contributed by atoms with Gasteiger partial charge in [0.05, 0.1) is 12.6 Å². The maximum atomic E-state index is 12.5. The van der Waals surface area contributed by atoms with Crippen molar-refractivity contribution in [3.63, 3.8) is 0 Å². The molecule has 1 saturated heterocycles. The molecule has 3 rings (SSSR count). The molecule has 1 N–H and O–H groups in total. The van der Waals surface area contributed by atoms with Crippen LogP contribution in [0.25, 0.3) is 0 Å². The van der Waals surface area contributed by atoms with E-state index in [-0.39, 0.29) is 12.1 Å². The molecule has 2 amide bonds. The van der Waals surface area contributed by atoms with Crippen molar-refractivity contribution in [2.75, 3.05) is 18.5 Å². The van der Waals surface area contributed by atoms with E-state index in [2.05, 4.69) is 16.8 Å². The van der Waals surface area contributed by atoms with Crippen molar-refractivity contribution in [2.24, 2.45) is 0 Å². The van der Waals surface area contributed by atoms with E-state index in [1.165, 1.54) is 4.88 Å². The van der Waals surface area contributed by atoms with Crippen LogP contribution in [0.4, 0.5) is 10.5 Å². The normalized spacial score (nSPS) is 17.5. The first-order chi connectivity index (χ1) is 10.8. The van der Waals surface area contributed by atoms with Crippen LogP contribution in [0.3, 0.4) is 0 Å². The van der Waals surface area contributed by atoms with Gasteiger partial charge in [0.15, 0.2) is 0 Å². The zero-order valence-corrected chi connectivity index (χ0v) is 13.4. The fraction of sp³-hybridized carbons (Fsp3) is 0.353. The second-order valence-electron chi connectivity index (χ2n) is 5.25. The summed E-state index contributed by atoms with van der Waals surface area (Å²) in [7, 11) is 0. The summed E-state index contributed by atoms with van der Waals surface area (Å²) in [5.74, 6) is 0.818. The van der Waals surface area contributed by atoms with E-state index in [9.17, 15) is 4.79 Å². The molecule has 1 atom stereocenters. The molecule has 0 spiro atoms. The molecule has 0 unspecified atom stereocenters. The monoisotopic (exact) mass is 316 g/mol. The largest absolute Gasteiger partial charge is 0.494 e. The summed E-state index contributed by atoms with van der Waals surface area (Å²) in [6, 6.07) is 11.8. The van der Waals surface area contributed by atoms with Gasteiger partial charge in [0.2, 0.25) is 0 Å². The molecule has 0 bridgehead atoms. The minimum atomic E-state index is -0.0277. The predicted molar refractivity (Wildman–Crippen MR) is 89.6 cm³/mol. The van der Waals surface area contributed by atoms with Crippen LogP contribution >= 0.6 is 11.3 Å². The van der Waals surface area contributed by atoms with E-state index in [0.29, 0.717) is 6.61 Å². The van der Waals surface area contributed by atoms with Gasteiger partial charge < -0.3 is 15.0 Å². The molecule has 1 aromatic carbocycles. The van der Waals surface area contributed by atoms with Crippen molar-refractivity contribution in [3.05, 3.63) is 46.7 Å². The van der Waals surface area contributed by atoms with Gasteiger partial charge in [0, 0.05) is 17.1 Å². The first-order valence-corrected chi connectivity index (χ1v) is 8.50. The Kier molecular flexibility index (Phi) is 4.63. The molecule has 1 aromatic heterocycles. The number of anilines is 1. The van der Waals surface area contributed by atoms with E-state index in [1.54, 1.807) is 11.3 Å². The first kappa shape index (κ1) is 14.9. The molecule has 4 nitrogen and oxygen atoms in total. The van der Waals surface area contributed by atoms with Gasteiger partial charge in [-0.15, -0.1) is 11.3 Å². The third-order valence-corrected chi connectivity index (χ3v) is 4.78. The Morgan fingerprint density at radius 3 is 2.86 bits per heavy atom. The fourth-order valence-electron chi connectivity index (χ4n) is 2.78. The standard InChI is InChI=1S/C17H20N2O2S/c1-2-21-14-9-7-13(8-10-14)18-17(20)19-11-3-5-15(19)16-6-4-12-22-16/h4,6-10,12,15H,2-3,5,11H2,1H3,(H,18,20)/t15-/m0/s1. The Balaban J connectivity index is 1.66. The van der Waals surface area contributed by atoms with Crippen molar-refractivity contribution >= 4 is 23.1 Å². The highest BCUT2D eigenvalue weighted by atomic mass is 32.1. The number of amides is 2. The maximum Gasteiger partial charge on any atom is 0.322 e. The lowest BCUT2D eigenvalue weighted by molar-refractivity contribution is 0.208. The van der Waals surface area contributed by atoms with E-state index in [0.717, 1.165) is 30.8 Å². The number of ether oxygens (including phenoxy) is 1. The summed E-state index contributed by atoms with van der Waals surface area (Å²) >= 11 is 1.72. The van der Waals surface area contributed by atoms with Crippen LogP contribution in [-0.4, -0.2) is 24.1 Å². The van der Waals surface area contributed by atoms with Crippen LogP contribution in [-0.2, 0) is 0 Å². The third-order valence-electron chi connectivity index (χ3n) is 3.80. The van der Waals surface area contributed by atoms with Gasteiger partial charge in [-0.1, -0.05) is 6.07 Å². The van der Waals surface area contributed by atoms with Crippen LogP contribution in [0.15, 0.2) is 41.8 Å². The van der Waals surface area contributed by atoms with Crippen LogP contribution < -0.4 is 10.1 Å². The zero-order chi connectivity index (χ0) is 15.4. The average molecular weight is 316 g/mol. The lowest BCUT2D eigenvalue weighted by Crippen LogP contribution is -2.34. The molecule has 22 heavy (non-hydrogen) atoms. The van der Waals surface area contributed by atoms with Gasteiger partial charge in [-0.2, -0.15) is 0 Å². The van der Waals surface area contributed by atoms with Crippen molar-refractivity contribution in [3.8, 4) is 5.75 Å². The van der Waals surface area contributed by atoms with E-state index in [1.807, 2.05) is 42.2 Å². The summed E-state index contributed by atoms with van der Waals surface area (Å²) < 4.78 is 5.41. The highest BCUT2D eigenvalue weighted by molar-refractivity contribution is 7.10. The van der Waals surface area contributed by atoms with E-state index in [4.69, 9.17) is 4.74 Å². The van der Waals surface area contributed by atoms with E-state index >= 15 is 0 Å². The number of likely N-dealkylation sites (tertiary alicyclic amines) is 1. The van der Waals surface area contributed by atoms with Crippen molar-refractivity contribution in [2.45, 2.75) is 25.8 Å². The number of urea groups is 1. The zero-order valence-electron chi connectivity index (χ0n) is 12.6. The predicted octanol–water partition coefficient (Wildman–Crippen LogP) is 4.52. The number of carbonyl (C=O) groups is 1. The number of hydrogen-bond acceptors (Lipinski definition) is 3. The molecule has 0 aliphatic carbocycles. The highest BCUT2D eigenvalue weighted by Crippen LogP contribution is 2.34. The molecule has 5 heteroatoms. The lowest BCUT2D eigenvalue weighted by atomic mass is 10.2. The summed E-state index contributed by atoms with van der Waals surface area (Å²) in [5, 5.41) is 5.05. The molecule has 2 heterocycles. The van der Waals surface area contributed by atoms with Gasteiger partial charge in [-0.05, 0) is 55.5 Å². The Bertz CT molecular complexity index is 610. The van der Waals surface area contributed by atoms with Gasteiger partial charge >= 0.3 is 6.03 Å². The molecule has 1 aliphatic rings. The second kappa shape index (κ2) is 6.83. The third kappa shape index (κ3) is 3.25. The molecular formula is C17H20N2O2S. The summed E-state index contributed by atoms with van der Waals surface area (Å²) in [4.78, 5) is 15.7. The topological polar surface area (TPSA) is 41.6 Å². The summed E-state index contributed by atoms with van der Waals surface area (Å²) in [6.45, 7) is 3.40. The number of nitrogens with zero attached hydrogens (tertiary/aromatic N) is 1. The molecule has 2 aromatic rings.